The minimum Gasteiger partial charge on any atom is -0.432 e. The van der Waals surface area contributed by atoms with Crippen molar-refractivity contribution in [3.05, 3.63) is 35.7 Å². The van der Waals surface area contributed by atoms with Crippen LogP contribution in [-0.2, 0) is 37.6 Å². The fraction of sp³-hybridized carbons (Fsp3) is 0.615. The molecule has 3 aliphatic rings. The number of nitrogens with one attached hydrogen (secondary N) is 2. The van der Waals surface area contributed by atoms with E-state index in [2.05, 4.69) is 20.9 Å². The second-order valence-corrected chi connectivity index (χ2v) is 15.7. The average molecular weight is 608 g/mol. The molecule has 1 aromatic carbocycles. The lowest BCUT2D eigenvalue weighted by Gasteiger charge is -2.37. The molecule has 5 rings (SSSR count). The molecular weight excluding hydrogens is 570 g/mol. The standard InChI is InChI=1S/C26H37N5O10Si/c1-12-22(42(2,3)39)17(6-8-31-11-14(7-9-32)29-30-31)41-26(12)15-10-13(4-5-16(15)28-25(26)38)27-23(36)21-19(34)18(33)20(35)24(37)40-21/h4-5,10-12,17-22,24,32-35,37,39H,6-9H2,1-3H3,(H,27,36)(H,28,38)/t12-,17+,18+,19+,20-,21+,22-,24-,26+/m1/s1. The first-order valence-corrected chi connectivity index (χ1v) is 16.8. The summed E-state index contributed by atoms with van der Waals surface area (Å²) in [6.45, 7) is 5.84. The lowest BCUT2D eigenvalue weighted by molar-refractivity contribution is -0.274. The topological polar surface area (TPSA) is 229 Å². The first-order chi connectivity index (χ1) is 19.8. The number of nitrogens with zero attached hydrogens (tertiary/aromatic N) is 3. The van der Waals surface area contributed by atoms with Crippen molar-refractivity contribution in [1.82, 2.24) is 15.0 Å². The highest BCUT2D eigenvalue weighted by molar-refractivity contribution is 6.71. The summed E-state index contributed by atoms with van der Waals surface area (Å²) < 4.78 is 13.3. The van der Waals surface area contributed by atoms with Gasteiger partial charge < -0.3 is 50.4 Å². The highest BCUT2D eigenvalue weighted by Crippen LogP contribution is 2.58. The summed E-state index contributed by atoms with van der Waals surface area (Å²) in [4.78, 5) is 37.9. The first-order valence-electron chi connectivity index (χ1n) is 13.8. The zero-order valence-electron chi connectivity index (χ0n) is 23.4. The zero-order valence-corrected chi connectivity index (χ0v) is 24.4. The van der Waals surface area contributed by atoms with E-state index < -0.39 is 68.5 Å². The summed E-state index contributed by atoms with van der Waals surface area (Å²) in [6.07, 6.45) is -6.90. The van der Waals surface area contributed by atoms with Gasteiger partial charge in [0.1, 0.15) is 18.3 Å². The SMILES string of the molecule is C[C@@H]1[C@@H]([Si](C)(C)O)[C@H](CCn2cc(CCO)nn2)O[C@@]12C(=O)Nc1ccc(NC(=O)[C@H]3O[C@@H](O)[C@H](O)[C@@H](O)[C@@H]3O)cc12. The van der Waals surface area contributed by atoms with Crippen molar-refractivity contribution in [1.29, 1.82) is 0 Å². The number of hydrogen-bond acceptors (Lipinski definition) is 12. The molecule has 0 bridgehead atoms. The molecule has 1 spiro atoms. The Hall–Kier alpha value is -2.80. The molecule has 9 atom stereocenters. The number of carbonyl (C=O) groups excluding carboxylic acids is 2. The Morgan fingerprint density at radius 1 is 1.19 bits per heavy atom. The van der Waals surface area contributed by atoms with E-state index in [1.807, 2.05) is 6.92 Å². The summed E-state index contributed by atoms with van der Waals surface area (Å²) in [5.41, 5.74) is 0.0295. The summed E-state index contributed by atoms with van der Waals surface area (Å²) in [5, 5.41) is 62.4. The van der Waals surface area contributed by atoms with Crippen LogP contribution in [0.4, 0.5) is 11.4 Å². The summed E-state index contributed by atoms with van der Waals surface area (Å²) in [5.74, 6) is -1.72. The van der Waals surface area contributed by atoms with Crippen molar-refractivity contribution in [3.63, 3.8) is 0 Å². The van der Waals surface area contributed by atoms with Crippen molar-refractivity contribution < 1.29 is 49.4 Å². The van der Waals surface area contributed by atoms with Crippen molar-refractivity contribution in [2.75, 3.05) is 17.2 Å². The minimum atomic E-state index is -2.89. The van der Waals surface area contributed by atoms with Crippen LogP contribution in [0.25, 0.3) is 0 Å². The number of anilines is 2. The molecule has 16 heteroatoms. The van der Waals surface area contributed by atoms with Gasteiger partial charge >= 0.3 is 0 Å². The van der Waals surface area contributed by atoms with Gasteiger partial charge in [0.15, 0.2) is 26.3 Å². The van der Waals surface area contributed by atoms with Crippen LogP contribution in [0, 0.1) is 5.92 Å². The van der Waals surface area contributed by atoms with E-state index in [9.17, 15) is 34.8 Å². The normalized spacial score (nSPS) is 34.5. The molecule has 2 fully saturated rings. The van der Waals surface area contributed by atoms with E-state index >= 15 is 0 Å². The monoisotopic (exact) mass is 607 g/mol. The molecule has 2 saturated heterocycles. The zero-order chi connectivity index (χ0) is 30.6. The van der Waals surface area contributed by atoms with E-state index in [0.29, 0.717) is 36.3 Å². The van der Waals surface area contributed by atoms with E-state index in [0.717, 1.165) is 0 Å². The molecule has 0 unspecified atom stereocenters. The van der Waals surface area contributed by atoms with Gasteiger partial charge in [-0.1, -0.05) is 12.1 Å². The third kappa shape index (κ3) is 5.27. The van der Waals surface area contributed by atoms with Gasteiger partial charge in [-0.3, -0.25) is 14.3 Å². The fourth-order valence-electron chi connectivity index (χ4n) is 6.47. The predicted molar refractivity (Wildman–Crippen MR) is 147 cm³/mol. The van der Waals surface area contributed by atoms with Crippen molar-refractivity contribution in [2.45, 2.75) is 87.4 Å². The maximum atomic E-state index is 13.6. The minimum absolute atomic E-state index is 0.0465. The Labute approximate surface area is 242 Å². The number of aliphatic hydroxyl groups excluding tert-OH is 5. The van der Waals surface area contributed by atoms with Gasteiger partial charge in [-0.05, 0) is 37.7 Å². The van der Waals surface area contributed by atoms with E-state index in [1.54, 1.807) is 36.1 Å². The molecule has 15 nitrogen and oxygen atoms in total. The van der Waals surface area contributed by atoms with Crippen LogP contribution < -0.4 is 10.6 Å². The van der Waals surface area contributed by atoms with Crippen molar-refractivity contribution in [2.24, 2.45) is 5.92 Å². The second-order valence-electron chi connectivity index (χ2n) is 11.7. The summed E-state index contributed by atoms with van der Waals surface area (Å²) in [7, 11) is -2.89. The van der Waals surface area contributed by atoms with Gasteiger partial charge in [-0.25, -0.2) is 0 Å². The first kappa shape index (κ1) is 30.6. The van der Waals surface area contributed by atoms with Crippen LogP contribution in [0.15, 0.2) is 24.4 Å². The average Bonchev–Trinajstić information content (AvgIpc) is 3.58. The second kappa shape index (κ2) is 11.4. The lowest BCUT2D eigenvalue weighted by atomic mass is 9.82. The van der Waals surface area contributed by atoms with Crippen LogP contribution in [0.2, 0.25) is 18.6 Å². The van der Waals surface area contributed by atoms with Gasteiger partial charge in [-0.15, -0.1) is 5.10 Å². The van der Waals surface area contributed by atoms with Crippen LogP contribution >= 0.6 is 0 Å². The third-order valence-corrected chi connectivity index (χ3v) is 11.0. The predicted octanol–water partition coefficient (Wildman–Crippen LogP) is -1.61. The molecular formula is C26H37N5O10Si. The summed E-state index contributed by atoms with van der Waals surface area (Å²) in [6, 6.07) is 4.70. The highest BCUT2D eigenvalue weighted by Gasteiger charge is 2.64. The van der Waals surface area contributed by atoms with Crippen molar-refractivity contribution in [3.8, 4) is 0 Å². The Balaban J connectivity index is 1.40. The quantitative estimate of drug-likeness (QED) is 0.159. The molecule has 3 aliphatic heterocycles. The molecule has 8 N–H and O–H groups in total. The molecule has 0 radical (unpaired) electrons. The lowest BCUT2D eigenvalue weighted by Crippen LogP contribution is -2.60. The number of aliphatic hydroxyl groups is 5. The highest BCUT2D eigenvalue weighted by atomic mass is 28.4. The number of amides is 2. The number of benzene rings is 1. The number of hydrogen-bond donors (Lipinski definition) is 8. The molecule has 0 aliphatic carbocycles. The number of ether oxygens (including phenoxy) is 2. The van der Waals surface area contributed by atoms with Gasteiger partial charge in [0.2, 0.25) is 0 Å². The number of aryl methyl sites for hydroxylation is 1. The maximum Gasteiger partial charge on any atom is 0.261 e. The van der Waals surface area contributed by atoms with Crippen molar-refractivity contribution >= 4 is 31.5 Å². The van der Waals surface area contributed by atoms with Crippen LogP contribution in [0.1, 0.15) is 24.6 Å². The summed E-state index contributed by atoms with van der Waals surface area (Å²) >= 11 is 0. The van der Waals surface area contributed by atoms with E-state index in [1.165, 1.54) is 6.07 Å². The van der Waals surface area contributed by atoms with E-state index in [4.69, 9.17) is 14.6 Å². The number of aromatic nitrogens is 3. The molecule has 230 valence electrons. The van der Waals surface area contributed by atoms with Crippen LogP contribution in [-0.4, -0.2) is 109 Å². The Morgan fingerprint density at radius 3 is 2.62 bits per heavy atom. The van der Waals surface area contributed by atoms with Gasteiger partial charge in [0, 0.05) is 54.2 Å². The Bertz CT molecular complexity index is 1340. The maximum absolute atomic E-state index is 13.6. The molecule has 2 aromatic rings. The van der Waals surface area contributed by atoms with Gasteiger partial charge in [0.05, 0.1) is 11.8 Å². The smallest absolute Gasteiger partial charge is 0.261 e. The fourth-order valence-corrected chi connectivity index (χ4v) is 9.07. The largest absolute Gasteiger partial charge is 0.432 e. The van der Waals surface area contributed by atoms with Gasteiger partial charge in [0.25, 0.3) is 11.8 Å². The van der Waals surface area contributed by atoms with Crippen LogP contribution in [0.3, 0.4) is 0 Å². The Kier molecular flexibility index (Phi) is 8.29. The Morgan fingerprint density at radius 2 is 1.93 bits per heavy atom. The van der Waals surface area contributed by atoms with E-state index in [-0.39, 0.29) is 17.8 Å². The number of fused-ring (bicyclic) bond motifs is 2. The molecule has 0 saturated carbocycles. The molecule has 4 heterocycles. The number of rotatable bonds is 8. The van der Waals surface area contributed by atoms with Gasteiger partial charge in [-0.2, -0.15) is 0 Å². The molecule has 42 heavy (non-hydrogen) atoms. The number of carbonyl (C=O) groups is 2. The molecule has 1 aromatic heterocycles. The third-order valence-electron chi connectivity index (χ3n) is 8.45. The van der Waals surface area contributed by atoms with Crippen LogP contribution in [0.5, 0.6) is 0 Å². The molecule has 2 amide bonds.